The Hall–Kier alpha value is -0.300. The van der Waals surface area contributed by atoms with Gasteiger partial charge in [0.2, 0.25) is 0 Å². The van der Waals surface area contributed by atoms with Crippen molar-refractivity contribution >= 4 is 15.9 Å². The molecule has 0 heterocycles. The van der Waals surface area contributed by atoms with Gasteiger partial charge in [-0.3, -0.25) is 0 Å². The van der Waals surface area contributed by atoms with E-state index in [2.05, 4.69) is 47.1 Å². The van der Waals surface area contributed by atoms with Gasteiger partial charge in [0, 0.05) is 5.33 Å². The minimum atomic E-state index is 0.751. The van der Waals surface area contributed by atoms with Crippen LogP contribution in [0.1, 0.15) is 29.9 Å². The van der Waals surface area contributed by atoms with Crippen LogP contribution in [0.15, 0.2) is 24.3 Å². The molecule has 1 aliphatic carbocycles. The second kappa shape index (κ2) is 3.83. The standard InChI is InChI=1S/C12H15Br/c1-9-2-4-10(5-3-9)12(8-13)11-6-7-11/h2-5,11-12H,6-8H2,1H3. The highest BCUT2D eigenvalue weighted by Gasteiger charge is 2.31. The van der Waals surface area contributed by atoms with Gasteiger partial charge >= 0.3 is 0 Å². The SMILES string of the molecule is Cc1ccc(C(CBr)C2CC2)cc1. The molecule has 2 rings (SSSR count). The van der Waals surface area contributed by atoms with Crippen molar-refractivity contribution in [1.29, 1.82) is 0 Å². The van der Waals surface area contributed by atoms with Gasteiger partial charge in [-0.2, -0.15) is 0 Å². The van der Waals surface area contributed by atoms with E-state index in [0.29, 0.717) is 0 Å². The van der Waals surface area contributed by atoms with Gasteiger partial charge < -0.3 is 0 Å². The van der Waals surface area contributed by atoms with Crippen LogP contribution in [0, 0.1) is 12.8 Å². The first-order chi connectivity index (χ1) is 6.31. The van der Waals surface area contributed by atoms with Crippen molar-refractivity contribution < 1.29 is 0 Å². The average Bonchev–Trinajstić information content (AvgIpc) is 2.93. The summed E-state index contributed by atoms with van der Waals surface area (Å²) in [5, 5.41) is 1.11. The molecule has 13 heavy (non-hydrogen) atoms. The van der Waals surface area contributed by atoms with Crippen LogP contribution >= 0.6 is 15.9 Å². The summed E-state index contributed by atoms with van der Waals surface area (Å²) in [7, 11) is 0. The first kappa shape index (κ1) is 9.26. The molecule has 1 aromatic rings. The number of benzene rings is 1. The van der Waals surface area contributed by atoms with Crippen molar-refractivity contribution in [1.82, 2.24) is 0 Å². The molecule has 70 valence electrons. The van der Waals surface area contributed by atoms with Crippen LogP contribution in [-0.2, 0) is 0 Å². The minimum Gasteiger partial charge on any atom is -0.0921 e. The van der Waals surface area contributed by atoms with Gasteiger partial charge in [-0.25, -0.2) is 0 Å². The highest BCUT2D eigenvalue weighted by molar-refractivity contribution is 9.09. The van der Waals surface area contributed by atoms with Gasteiger partial charge in [-0.05, 0) is 37.2 Å². The molecule has 0 aliphatic heterocycles. The maximum atomic E-state index is 3.61. The summed E-state index contributed by atoms with van der Waals surface area (Å²) < 4.78 is 0. The molecule has 0 nitrogen and oxygen atoms in total. The van der Waals surface area contributed by atoms with Crippen LogP contribution < -0.4 is 0 Å². The predicted octanol–water partition coefficient (Wildman–Crippen LogP) is 3.88. The number of rotatable bonds is 3. The summed E-state index contributed by atoms with van der Waals surface area (Å²) in [5.41, 5.74) is 2.86. The lowest BCUT2D eigenvalue weighted by Gasteiger charge is -2.13. The first-order valence-electron chi connectivity index (χ1n) is 4.94. The van der Waals surface area contributed by atoms with E-state index < -0.39 is 0 Å². The van der Waals surface area contributed by atoms with Crippen LogP contribution in [0.4, 0.5) is 0 Å². The van der Waals surface area contributed by atoms with Crippen molar-refractivity contribution in [2.24, 2.45) is 5.92 Å². The third-order valence-corrected chi connectivity index (χ3v) is 3.56. The van der Waals surface area contributed by atoms with Crippen LogP contribution in [0.3, 0.4) is 0 Å². The Morgan fingerprint density at radius 1 is 1.31 bits per heavy atom. The molecule has 0 aromatic heterocycles. The fraction of sp³-hybridized carbons (Fsp3) is 0.500. The van der Waals surface area contributed by atoms with Crippen molar-refractivity contribution in [2.75, 3.05) is 5.33 Å². The number of halogens is 1. The van der Waals surface area contributed by atoms with E-state index in [-0.39, 0.29) is 0 Å². The zero-order valence-corrected chi connectivity index (χ0v) is 9.55. The maximum absolute atomic E-state index is 3.61. The van der Waals surface area contributed by atoms with Gasteiger partial charge in [0.25, 0.3) is 0 Å². The smallest absolute Gasteiger partial charge is 0.0103 e. The van der Waals surface area contributed by atoms with Gasteiger partial charge in [0.05, 0.1) is 0 Å². The maximum Gasteiger partial charge on any atom is 0.0103 e. The molecule has 0 radical (unpaired) electrons. The van der Waals surface area contributed by atoms with Gasteiger partial charge in [0.15, 0.2) is 0 Å². The van der Waals surface area contributed by atoms with Crippen molar-refractivity contribution in [2.45, 2.75) is 25.7 Å². The Morgan fingerprint density at radius 3 is 2.38 bits per heavy atom. The molecule has 1 saturated carbocycles. The van der Waals surface area contributed by atoms with Gasteiger partial charge in [-0.15, -0.1) is 0 Å². The van der Waals surface area contributed by atoms with Crippen molar-refractivity contribution in [3.63, 3.8) is 0 Å². The predicted molar refractivity (Wildman–Crippen MR) is 60.4 cm³/mol. The van der Waals surface area contributed by atoms with E-state index in [1.54, 1.807) is 0 Å². The minimum absolute atomic E-state index is 0.751. The quantitative estimate of drug-likeness (QED) is 0.702. The van der Waals surface area contributed by atoms with E-state index in [1.807, 2.05) is 0 Å². The summed E-state index contributed by atoms with van der Waals surface area (Å²) in [6.07, 6.45) is 2.84. The molecule has 1 aromatic carbocycles. The number of aryl methyl sites for hydroxylation is 1. The molecule has 0 N–H and O–H groups in total. The van der Waals surface area contributed by atoms with E-state index in [9.17, 15) is 0 Å². The fourth-order valence-corrected chi connectivity index (χ4v) is 2.70. The van der Waals surface area contributed by atoms with E-state index in [1.165, 1.54) is 24.0 Å². The molecule has 0 saturated heterocycles. The molecule has 0 amide bonds. The van der Waals surface area contributed by atoms with Crippen molar-refractivity contribution in [3.05, 3.63) is 35.4 Å². The normalized spacial score (nSPS) is 18.6. The molecule has 1 unspecified atom stereocenters. The number of hydrogen-bond acceptors (Lipinski definition) is 0. The molecule has 0 bridgehead atoms. The molecule has 1 aliphatic rings. The second-order valence-electron chi connectivity index (χ2n) is 4.01. The Kier molecular flexibility index (Phi) is 2.73. The van der Waals surface area contributed by atoms with Crippen LogP contribution in [-0.4, -0.2) is 5.33 Å². The van der Waals surface area contributed by atoms with Gasteiger partial charge in [-0.1, -0.05) is 45.8 Å². The highest BCUT2D eigenvalue weighted by atomic mass is 79.9. The Labute approximate surface area is 88.5 Å². The lowest BCUT2D eigenvalue weighted by Crippen LogP contribution is -2.02. The summed E-state index contributed by atoms with van der Waals surface area (Å²) in [5.74, 6) is 1.70. The molecule has 0 spiro atoms. The Balaban J connectivity index is 2.17. The molecular formula is C12H15Br. The Morgan fingerprint density at radius 2 is 1.92 bits per heavy atom. The van der Waals surface area contributed by atoms with E-state index in [0.717, 1.165) is 17.2 Å². The lowest BCUT2D eigenvalue weighted by atomic mass is 9.96. The molecule has 1 heteroatoms. The number of alkyl halides is 1. The van der Waals surface area contributed by atoms with E-state index in [4.69, 9.17) is 0 Å². The van der Waals surface area contributed by atoms with Crippen molar-refractivity contribution in [3.8, 4) is 0 Å². The second-order valence-corrected chi connectivity index (χ2v) is 4.66. The molecule has 1 fully saturated rings. The molecular weight excluding hydrogens is 224 g/mol. The van der Waals surface area contributed by atoms with Crippen LogP contribution in [0.5, 0.6) is 0 Å². The largest absolute Gasteiger partial charge is 0.0921 e. The third-order valence-electron chi connectivity index (χ3n) is 2.86. The highest BCUT2D eigenvalue weighted by Crippen LogP contribution is 2.43. The summed E-state index contributed by atoms with van der Waals surface area (Å²) in [6.45, 7) is 2.14. The Bertz CT molecular complexity index is 272. The fourth-order valence-electron chi connectivity index (χ4n) is 1.80. The van der Waals surface area contributed by atoms with E-state index >= 15 is 0 Å². The zero-order valence-electron chi connectivity index (χ0n) is 7.96. The van der Waals surface area contributed by atoms with Gasteiger partial charge in [0.1, 0.15) is 0 Å². The average molecular weight is 239 g/mol. The van der Waals surface area contributed by atoms with Crippen LogP contribution in [0.25, 0.3) is 0 Å². The summed E-state index contributed by atoms with van der Waals surface area (Å²) in [4.78, 5) is 0. The number of hydrogen-bond donors (Lipinski definition) is 0. The summed E-state index contributed by atoms with van der Waals surface area (Å²) >= 11 is 3.61. The zero-order chi connectivity index (χ0) is 9.26. The topological polar surface area (TPSA) is 0 Å². The monoisotopic (exact) mass is 238 g/mol. The lowest BCUT2D eigenvalue weighted by molar-refractivity contribution is 0.677. The summed E-state index contributed by atoms with van der Waals surface area (Å²) in [6, 6.07) is 8.99. The molecule has 1 atom stereocenters. The third kappa shape index (κ3) is 2.14. The first-order valence-corrected chi connectivity index (χ1v) is 6.06. The van der Waals surface area contributed by atoms with Crippen LogP contribution in [0.2, 0.25) is 0 Å².